The van der Waals surface area contributed by atoms with E-state index in [9.17, 15) is 14.7 Å². The van der Waals surface area contributed by atoms with E-state index in [0.29, 0.717) is 18.7 Å². The van der Waals surface area contributed by atoms with Gasteiger partial charge >= 0.3 is 6.03 Å². The minimum absolute atomic E-state index is 0.0966. The van der Waals surface area contributed by atoms with Crippen LogP contribution in [-0.4, -0.2) is 67.3 Å². The molecule has 10 nitrogen and oxygen atoms in total. The van der Waals surface area contributed by atoms with Gasteiger partial charge < -0.3 is 20.1 Å². The molecular formula is C27H28N6O4. The number of nitrogens with one attached hydrogen (secondary N) is 2. The number of amides is 3. The number of aromatic hydroxyl groups is 1. The SMILES string of the molecule is COc1ccc2[nH]c3c(c2c1)C[C@@]1(C)C(=O)N(CCNc2ccnn2C)C(=O)N1C3c1cccc(O)c1. The van der Waals surface area contributed by atoms with Gasteiger partial charge in [0.1, 0.15) is 28.9 Å². The molecule has 4 aromatic rings. The fourth-order valence-corrected chi connectivity index (χ4v) is 5.70. The van der Waals surface area contributed by atoms with E-state index in [1.807, 2.05) is 44.3 Å². The summed E-state index contributed by atoms with van der Waals surface area (Å²) < 4.78 is 7.16. The number of fused-ring (bicyclic) bond motifs is 4. The Hall–Kier alpha value is -4.47. The maximum absolute atomic E-state index is 13.9. The Morgan fingerprint density at radius 1 is 1.22 bits per heavy atom. The van der Waals surface area contributed by atoms with Gasteiger partial charge in [-0.2, -0.15) is 5.10 Å². The lowest BCUT2D eigenvalue weighted by Gasteiger charge is -2.42. The Labute approximate surface area is 213 Å². The molecule has 1 saturated heterocycles. The zero-order valence-corrected chi connectivity index (χ0v) is 20.9. The van der Waals surface area contributed by atoms with Crippen LogP contribution in [0.3, 0.4) is 0 Å². The van der Waals surface area contributed by atoms with Crippen molar-refractivity contribution >= 4 is 28.7 Å². The summed E-state index contributed by atoms with van der Waals surface area (Å²) in [7, 11) is 3.44. The molecule has 1 fully saturated rings. The molecular weight excluding hydrogens is 472 g/mol. The van der Waals surface area contributed by atoms with Crippen LogP contribution in [0.15, 0.2) is 54.7 Å². The first-order valence-corrected chi connectivity index (χ1v) is 12.2. The number of hydrogen-bond acceptors (Lipinski definition) is 6. The Balaban J connectivity index is 1.43. The van der Waals surface area contributed by atoms with Crippen molar-refractivity contribution in [2.45, 2.75) is 24.9 Å². The molecule has 6 rings (SSSR count). The number of urea groups is 1. The molecule has 2 aliphatic rings. The van der Waals surface area contributed by atoms with Gasteiger partial charge in [0.15, 0.2) is 0 Å². The molecule has 0 saturated carbocycles. The maximum Gasteiger partial charge on any atom is 0.328 e. The summed E-state index contributed by atoms with van der Waals surface area (Å²) in [6.45, 7) is 2.44. The molecule has 3 amide bonds. The van der Waals surface area contributed by atoms with Gasteiger partial charge in [-0.1, -0.05) is 12.1 Å². The number of H-pyrrole nitrogens is 1. The quantitative estimate of drug-likeness (QED) is 0.350. The van der Waals surface area contributed by atoms with Crippen LogP contribution in [0.2, 0.25) is 0 Å². The van der Waals surface area contributed by atoms with Gasteiger partial charge in [0.05, 0.1) is 13.3 Å². The minimum atomic E-state index is -1.09. The van der Waals surface area contributed by atoms with E-state index in [2.05, 4.69) is 15.4 Å². The highest BCUT2D eigenvalue weighted by atomic mass is 16.5. The molecule has 3 N–H and O–H groups in total. The van der Waals surface area contributed by atoms with Gasteiger partial charge in [-0.05, 0) is 48.4 Å². The van der Waals surface area contributed by atoms with Crippen LogP contribution in [0.5, 0.6) is 11.5 Å². The third-order valence-corrected chi connectivity index (χ3v) is 7.52. The molecule has 190 valence electrons. The number of imide groups is 1. The lowest BCUT2D eigenvalue weighted by atomic mass is 9.81. The van der Waals surface area contributed by atoms with E-state index < -0.39 is 11.6 Å². The highest BCUT2D eigenvalue weighted by molar-refractivity contribution is 6.08. The summed E-state index contributed by atoms with van der Waals surface area (Å²) in [5.74, 6) is 1.38. The van der Waals surface area contributed by atoms with E-state index in [1.165, 1.54) is 4.90 Å². The van der Waals surface area contributed by atoms with Crippen molar-refractivity contribution in [3.63, 3.8) is 0 Å². The first-order valence-electron chi connectivity index (χ1n) is 12.2. The molecule has 37 heavy (non-hydrogen) atoms. The van der Waals surface area contributed by atoms with E-state index in [1.54, 1.807) is 41.1 Å². The monoisotopic (exact) mass is 500 g/mol. The van der Waals surface area contributed by atoms with Crippen LogP contribution in [0, 0.1) is 0 Å². The van der Waals surface area contributed by atoms with Gasteiger partial charge in [-0.25, -0.2) is 4.79 Å². The van der Waals surface area contributed by atoms with Crippen LogP contribution in [0.4, 0.5) is 10.6 Å². The van der Waals surface area contributed by atoms with Crippen molar-refractivity contribution in [1.29, 1.82) is 0 Å². The topological polar surface area (TPSA) is 116 Å². The van der Waals surface area contributed by atoms with Crippen molar-refractivity contribution in [3.05, 3.63) is 71.5 Å². The molecule has 0 bridgehead atoms. The number of hydrogen-bond donors (Lipinski definition) is 3. The molecule has 10 heteroatoms. The maximum atomic E-state index is 13.9. The normalized spacial score (nSPS) is 20.9. The second-order valence-corrected chi connectivity index (χ2v) is 9.75. The van der Waals surface area contributed by atoms with Crippen molar-refractivity contribution in [1.82, 2.24) is 24.6 Å². The van der Waals surface area contributed by atoms with Gasteiger partial charge in [-0.3, -0.25) is 19.3 Å². The molecule has 1 unspecified atom stereocenters. The zero-order valence-electron chi connectivity index (χ0n) is 20.9. The summed E-state index contributed by atoms with van der Waals surface area (Å²) in [6.07, 6.45) is 2.05. The van der Waals surface area contributed by atoms with Gasteiger partial charge in [0.25, 0.3) is 5.91 Å². The standard InChI is InChI=1S/C27H28N6O4/c1-27-15-20-19-14-18(37-3)7-8-21(19)30-23(20)24(16-5-4-6-17(34)13-16)33(27)26(36)32(25(27)35)12-11-28-22-9-10-29-31(22)2/h4-10,13-14,24,28,30,34H,11-12,15H2,1-3H3/t24?,27-/m0/s1. The number of aromatic amines is 1. The van der Waals surface area contributed by atoms with Gasteiger partial charge in [-0.15, -0.1) is 0 Å². The number of anilines is 1. The molecule has 0 radical (unpaired) electrons. The highest BCUT2D eigenvalue weighted by Crippen LogP contribution is 2.49. The van der Waals surface area contributed by atoms with E-state index in [4.69, 9.17) is 4.74 Å². The summed E-state index contributed by atoms with van der Waals surface area (Å²) in [4.78, 5) is 34.3. The Morgan fingerprint density at radius 3 is 2.78 bits per heavy atom. The fraction of sp³-hybridized carbons (Fsp3) is 0.296. The third-order valence-electron chi connectivity index (χ3n) is 7.52. The molecule has 2 atom stereocenters. The molecule has 2 aliphatic heterocycles. The zero-order chi connectivity index (χ0) is 25.9. The summed E-state index contributed by atoms with van der Waals surface area (Å²) in [5.41, 5.74) is 2.34. The Bertz CT molecular complexity index is 1540. The van der Waals surface area contributed by atoms with Crippen molar-refractivity contribution in [2.24, 2.45) is 7.05 Å². The number of phenolic OH excluding ortho intramolecular Hbond substituents is 1. The Kier molecular flexibility index (Phi) is 5.15. The largest absolute Gasteiger partial charge is 0.508 e. The van der Waals surface area contributed by atoms with Crippen LogP contribution < -0.4 is 10.1 Å². The fourth-order valence-electron chi connectivity index (χ4n) is 5.70. The first-order chi connectivity index (χ1) is 17.8. The summed E-state index contributed by atoms with van der Waals surface area (Å²) >= 11 is 0. The average Bonchev–Trinajstić information content (AvgIpc) is 3.51. The number of carbonyl (C=O) groups is 2. The minimum Gasteiger partial charge on any atom is -0.508 e. The summed E-state index contributed by atoms with van der Waals surface area (Å²) in [6, 6.07) is 13.5. The van der Waals surface area contributed by atoms with E-state index in [0.717, 1.165) is 33.5 Å². The average molecular weight is 501 g/mol. The molecule has 2 aromatic carbocycles. The first kappa shape index (κ1) is 23.0. The number of benzene rings is 2. The number of carbonyl (C=O) groups excluding carboxylic acids is 2. The number of ether oxygens (including phenoxy) is 1. The summed E-state index contributed by atoms with van der Waals surface area (Å²) in [5, 5.41) is 18.6. The highest BCUT2D eigenvalue weighted by Gasteiger charge is 2.60. The van der Waals surface area contributed by atoms with Crippen LogP contribution in [0.1, 0.15) is 29.8 Å². The lowest BCUT2D eigenvalue weighted by Crippen LogP contribution is -2.53. The smallest absolute Gasteiger partial charge is 0.328 e. The van der Waals surface area contributed by atoms with Gasteiger partial charge in [0.2, 0.25) is 0 Å². The second kappa shape index (κ2) is 8.29. The number of methoxy groups -OCH3 is 1. The van der Waals surface area contributed by atoms with Crippen molar-refractivity contribution in [3.8, 4) is 11.5 Å². The van der Waals surface area contributed by atoms with Crippen molar-refractivity contribution < 1.29 is 19.4 Å². The predicted molar refractivity (Wildman–Crippen MR) is 138 cm³/mol. The van der Waals surface area contributed by atoms with Crippen LogP contribution in [0.25, 0.3) is 10.9 Å². The third kappa shape index (κ3) is 3.43. The molecule has 0 spiro atoms. The number of rotatable bonds is 6. The number of aryl methyl sites for hydroxylation is 1. The number of phenols is 1. The molecule has 2 aromatic heterocycles. The van der Waals surface area contributed by atoms with Crippen LogP contribution >= 0.6 is 0 Å². The number of aromatic nitrogens is 3. The van der Waals surface area contributed by atoms with Crippen LogP contribution in [-0.2, 0) is 18.3 Å². The Morgan fingerprint density at radius 2 is 2.05 bits per heavy atom. The van der Waals surface area contributed by atoms with Gasteiger partial charge in [0, 0.05) is 49.2 Å². The lowest BCUT2D eigenvalue weighted by molar-refractivity contribution is -0.133. The van der Waals surface area contributed by atoms with Crippen molar-refractivity contribution in [2.75, 3.05) is 25.5 Å². The number of nitrogens with zero attached hydrogens (tertiary/aromatic N) is 4. The predicted octanol–water partition coefficient (Wildman–Crippen LogP) is 3.40. The molecule has 4 heterocycles. The molecule has 0 aliphatic carbocycles. The van der Waals surface area contributed by atoms with E-state index in [-0.39, 0.29) is 24.2 Å². The second-order valence-electron chi connectivity index (χ2n) is 9.75. The van der Waals surface area contributed by atoms with E-state index >= 15 is 0 Å².